The summed E-state index contributed by atoms with van der Waals surface area (Å²) in [5, 5.41) is 11.0. The number of hydrogen-bond donors (Lipinski definition) is 2. The SMILES string of the molecule is COC(=O)c1ncc2c(n1)N(C(=O)Nc1cccc(OC[C@@H]3COC(C)(C)O3)n1)C1(C=N)CCCN2C1. The minimum Gasteiger partial charge on any atom is -0.475 e. The molecule has 2 N–H and O–H groups in total. The van der Waals surface area contributed by atoms with Gasteiger partial charge < -0.3 is 29.3 Å². The van der Waals surface area contributed by atoms with E-state index < -0.39 is 23.3 Å². The monoisotopic (exact) mass is 511 g/mol. The second-order valence-electron chi connectivity index (χ2n) is 9.56. The van der Waals surface area contributed by atoms with Crippen molar-refractivity contribution >= 4 is 35.5 Å². The predicted molar refractivity (Wildman–Crippen MR) is 132 cm³/mol. The van der Waals surface area contributed by atoms with Crippen molar-refractivity contribution in [1.82, 2.24) is 15.0 Å². The fraction of sp³-hybridized carbons (Fsp3) is 0.500. The summed E-state index contributed by atoms with van der Waals surface area (Å²) in [5.41, 5.74) is -0.343. The Balaban J connectivity index is 1.39. The first-order valence-corrected chi connectivity index (χ1v) is 12.0. The van der Waals surface area contributed by atoms with Gasteiger partial charge in [0.1, 0.15) is 24.1 Å². The number of hydrogen-bond acceptors (Lipinski definition) is 11. The number of esters is 1. The lowest BCUT2D eigenvalue weighted by molar-refractivity contribution is -0.141. The number of rotatable bonds is 6. The Labute approximate surface area is 213 Å². The molecule has 5 heterocycles. The number of ether oxygens (including phenoxy) is 4. The van der Waals surface area contributed by atoms with Crippen LogP contribution in [0.3, 0.4) is 0 Å². The fourth-order valence-corrected chi connectivity index (χ4v) is 4.84. The van der Waals surface area contributed by atoms with Crippen LogP contribution in [0.1, 0.15) is 37.3 Å². The predicted octanol–water partition coefficient (Wildman–Crippen LogP) is 2.23. The van der Waals surface area contributed by atoms with Gasteiger partial charge in [0.2, 0.25) is 11.7 Å². The van der Waals surface area contributed by atoms with Gasteiger partial charge >= 0.3 is 12.0 Å². The largest absolute Gasteiger partial charge is 0.475 e. The molecule has 196 valence electrons. The lowest BCUT2D eigenvalue weighted by atomic mass is 9.85. The summed E-state index contributed by atoms with van der Waals surface area (Å²) in [4.78, 5) is 42.1. The van der Waals surface area contributed by atoms with Crippen molar-refractivity contribution in [2.75, 3.05) is 48.5 Å². The summed E-state index contributed by atoms with van der Waals surface area (Å²) in [6, 6.07) is 4.49. The highest BCUT2D eigenvalue weighted by Gasteiger charge is 2.49. The van der Waals surface area contributed by atoms with Crippen molar-refractivity contribution in [3.8, 4) is 5.88 Å². The number of aromatic nitrogens is 3. The third-order valence-corrected chi connectivity index (χ3v) is 6.53. The average Bonchev–Trinajstić information content (AvgIpc) is 3.25. The van der Waals surface area contributed by atoms with Gasteiger partial charge in [-0.2, -0.15) is 4.98 Å². The van der Waals surface area contributed by atoms with Gasteiger partial charge in [0.05, 0.1) is 25.6 Å². The van der Waals surface area contributed by atoms with Gasteiger partial charge in [-0.1, -0.05) is 6.07 Å². The van der Waals surface area contributed by atoms with Crippen LogP contribution in [0.2, 0.25) is 0 Å². The van der Waals surface area contributed by atoms with Crippen molar-refractivity contribution in [1.29, 1.82) is 5.41 Å². The maximum Gasteiger partial charge on any atom is 0.376 e. The molecule has 2 bridgehead atoms. The molecule has 13 heteroatoms. The number of amides is 2. The van der Waals surface area contributed by atoms with Crippen LogP contribution in [-0.2, 0) is 14.2 Å². The minimum absolute atomic E-state index is 0.171. The standard InChI is InChI=1S/C24H29N7O6/c1-23(2)36-12-15(37-23)11-35-18-7-4-6-17(27-18)28-22(33)31-20-16(10-26-19(29-20)21(32)34-3)30-9-5-8-24(31,13-25)14-30/h4,6-7,10,13,15,25H,5,8-9,11-12,14H2,1-3H3,(H,27,28,33)/t15-,24?/m1/s1. The molecule has 2 aromatic rings. The van der Waals surface area contributed by atoms with Crippen molar-refractivity contribution in [3.05, 3.63) is 30.2 Å². The van der Waals surface area contributed by atoms with Crippen LogP contribution in [0.4, 0.5) is 22.1 Å². The van der Waals surface area contributed by atoms with Gasteiger partial charge in [-0.05, 0) is 32.8 Å². The summed E-state index contributed by atoms with van der Waals surface area (Å²) >= 11 is 0. The molecule has 1 unspecified atom stereocenters. The molecule has 2 atom stereocenters. The molecule has 0 radical (unpaired) electrons. The van der Waals surface area contributed by atoms with Crippen molar-refractivity contribution in [3.63, 3.8) is 0 Å². The van der Waals surface area contributed by atoms with Gasteiger partial charge in [-0.25, -0.2) is 19.6 Å². The van der Waals surface area contributed by atoms with Gasteiger partial charge in [0.15, 0.2) is 11.6 Å². The number of carbonyl (C=O) groups excluding carboxylic acids is 2. The van der Waals surface area contributed by atoms with E-state index >= 15 is 0 Å². The Morgan fingerprint density at radius 1 is 1.32 bits per heavy atom. The molecule has 2 saturated heterocycles. The van der Waals surface area contributed by atoms with Crippen molar-refractivity contribution in [2.24, 2.45) is 0 Å². The van der Waals surface area contributed by atoms with Crippen molar-refractivity contribution < 1.29 is 28.5 Å². The van der Waals surface area contributed by atoms with E-state index in [0.717, 1.165) is 13.0 Å². The molecule has 37 heavy (non-hydrogen) atoms. The Morgan fingerprint density at radius 3 is 2.89 bits per heavy atom. The van der Waals surface area contributed by atoms with E-state index in [-0.39, 0.29) is 30.2 Å². The molecule has 2 fully saturated rings. The molecule has 5 rings (SSSR count). The molecule has 0 saturated carbocycles. The number of carbonyl (C=O) groups is 2. The molecule has 0 aromatic carbocycles. The number of methoxy groups -OCH3 is 1. The van der Waals surface area contributed by atoms with Gasteiger partial charge in [-0.3, -0.25) is 10.2 Å². The summed E-state index contributed by atoms with van der Waals surface area (Å²) in [6.45, 7) is 5.47. The number of anilines is 3. The first kappa shape index (κ1) is 24.8. The van der Waals surface area contributed by atoms with Gasteiger partial charge in [0, 0.05) is 25.4 Å². The van der Waals surface area contributed by atoms with Crippen LogP contribution in [-0.4, -0.2) is 84.0 Å². The fourth-order valence-electron chi connectivity index (χ4n) is 4.84. The lowest BCUT2D eigenvalue weighted by Gasteiger charge is -2.51. The molecule has 13 nitrogen and oxygen atoms in total. The Morgan fingerprint density at radius 2 is 2.16 bits per heavy atom. The zero-order valence-corrected chi connectivity index (χ0v) is 20.9. The van der Waals surface area contributed by atoms with Gasteiger partial charge in [0.25, 0.3) is 0 Å². The zero-order chi connectivity index (χ0) is 26.2. The van der Waals surface area contributed by atoms with E-state index in [9.17, 15) is 9.59 Å². The highest BCUT2D eigenvalue weighted by Crippen LogP contribution is 2.42. The molecule has 0 spiro atoms. The number of urea groups is 1. The maximum absolute atomic E-state index is 13.7. The Hall–Kier alpha value is -3.84. The second kappa shape index (κ2) is 9.56. The number of pyridine rings is 1. The quantitative estimate of drug-likeness (QED) is 0.436. The number of nitrogens with zero attached hydrogens (tertiary/aromatic N) is 5. The molecule has 0 aliphatic carbocycles. The molecular formula is C24H29N7O6. The third-order valence-electron chi connectivity index (χ3n) is 6.53. The second-order valence-corrected chi connectivity index (χ2v) is 9.56. The lowest BCUT2D eigenvalue weighted by Crippen LogP contribution is -2.66. The van der Waals surface area contributed by atoms with Crippen LogP contribution in [0.25, 0.3) is 0 Å². The topological polar surface area (TPSA) is 152 Å². The Kier molecular flexibility index (Phi) is 6.42. The van der Waals surface area contributed by atoms with E-state index in [2.05, 4.69) is 20.3 Å². The number of fused-ring (bicyclic) bond motifs is 4. The van der Waals surface area contributed by atoms with Crippen LogP contribution in [0, 0.1) is 5.41 Å². The highest BCUT2D eigenvalue weighted by atomic mass is 16.7. The van der Waals surface area contributed by atoms with E-state index in [1.165, 1.54) is 24.4 Å². The summed E-state index contributed by atoms with van der Waals surface area (Å²) < 4.78 is 21.8. The molecule has 3 aliphatic heterocycles. The highest BCUT2D eigenvalue weighted by molar-refractivity contribution is 6.08. The van der Waals surface area contributed by atoms with Crippen LogP contribution in [0.5, 0.6) is 5.88 Å². The third kappa shape index (κ3) is 4.79. The summed E-state index contributed by atoms with van der Waals surface area (Å²) in [6.07, 6.45) is 3.87. The van der Waals surface area contributed by atoms with E-state index in [4.69, 9.17) is 24.4 Å². The van der Waals surface area contributed by atoms with Gasteiger partial charge in [-0.15, -0.1) is 0 Å². The van der Waals surface area contributed by atoms with E-state index in [1.54, 1.807) is 18.2 Å². The van der Waals surface area contributed by atoms with Crippen LogP contribution in [0.15, 0.2) is 24.4 Å². The average molecular weight is 512 g/mol. The van der Waals surface area contributed by atoms with Crippen molar-refractivity contribution in [2.45, 2.75) is 44.1 Å². The van der Waals surface area contributed by atoms with E-state index in [0.29, 0.717) is 31.1 Å². The van der Waals surface area contributed by atoms with Crippen LogP contribution >= 0.6 is 0 Å². The molecular weight excluding hydrogens is 482 g/mol. The van der Waals surface area contributed by atoms with E-state index in [1.807, 2.05) is 18.7 Å². The molecule has 2 amide bonds. The number of piperidine rings is 1. The van der Waals surface area contributed by atoms with Crippen LogP contribution < -0.4 is 19.9 Å². The smallest absolute Gasteiger partial charge is 0.376 e. The zero-order valence-electron chi connectivity index (χ0n) is 20.9. The normalized spacial score (nSPS) is 23.7. The number of nitrogens with one attached hydrogen (secondary N) is 2. The first-order valence-electron chi connectivity index (χ1n) is 12.0. The Bertz CT molecular complexity index is 1220. The summed E-state index contributed by atoms with van der Waals surface area (Å²) in [5.74, 6) is -0.742. The summed E-state index contributed by atoms with van der Waals surface area (Å²) in [7, 11) is 1.24. The molecule has 3 aliphatic rings. The molecule has 2 aromatic heterocycles. The maximum atomic E-state index is 13.7. The minimum atomic E-state index is -0.947. The first-order chi connectivity index (χ1) is 17.7.